The van der Waals surface area contributed by atoms with E-state index in [1.807, 2.05) is 0 Å². The first-order chi connectivity index (χ1) is 15.8. The molecule has 0 amide bonds. The van der Waals surface area contributed by atoms with Gasteiger partial charge in [0.15, 0.2) is 0 Å². The van der Waals surface area contributed by atoms with E-state index >= 15 is 0 Å². The summed E-state index contributed by atoms with van der Waals surface area (Å²) in [5.74, 6) is 14.2. The minimum atomic E-state index is 0.781. The molecule has 0 atom stereocenters. The standard InChI is InChI=1S/C32H26/c1-2-5-24-8-10-25(11-9-24)14-18-29-22-23-30(32-7-4-3-6-31(29)32)19-15-26-12-16-27(17-13-26)28-20-21-28/h3-4,6-13,16-17,22-23,28H,2,5,20-21H2,1H3. The largest absolute Gasteiger partial charge is 0.0651 e. The van der Waals surface area contributed by atoms with Gasteiger partial charge in [-0.1, -0.05) is 85.6 Å². The summed E-state index contributed by atoms with van der Waals surface area (Å²) in [4.78, 5) is 0. The molecule has 0 aliphatic heterocycles. The van der Waals surface area contributed by atoms with Crippen LogP contribution in [0.3, 0.4) is 0 Å². The highest BCUT2D eigenvalue weighted by Gasteiger charge is 2.22. The molecule has 0 heterocycles. The molecule has 1 saturated carbocycles. The number of hydrogen-bond donors (Lipinski definition) is 0. The molecule has 0 spiro atoms. The van der Waals surface area contributed by atoms with Crippen molar-refractivity contribution < 1.29 is 0 Å². The van der Waals surface area contributed by atoms with Crippen LogP contribution in [0, 0.1) is 23.7 Å². The molecule has 32 heavy (non-hydrogen) atoms. The van der Waals surface area contributed by atoms with Gasteiger partial charge in [-0.15, -0.1) is 0 Å². The molecular weight excluding hydrogens is 384 g/mol. The predicted molar refractivity (Wildman–Crippen MR) is 135 cm³/mol. The first kappa shape index (κ1) is 20.2. The lowest BCUT2D eigenvalue weighted by atomic mass is 9.99. The van der Waals surface area contributed by atoms with Gasteiger partial charge in [0.05, 0.1) is 0 Å². The lowest BCUT2D eigenvalue weighted by Crippen LogP contribution is -1.86. The molecule has 1 fully saturated rings. The molecule has 1 aliphatic rings. The Morgan fingerprint density at radius 1 is 0.625 bits per heavy atom. The first-order valence-electron chi connectivity index (χ1n) is 11.5. The summed E-state index contributed by atoms with van der Waals surface area (Å²) >= 11 is 0. The second kappa shape index (κ2) is 9.18. The van der Waals surface area contributed by atoms with E-state index in [1.54, 1.807) is 0 Å². The van der Waals surface area contributed by atoms with E-state index in [9.17, 15) is 0 Å². The van der Waals surface area contributed by atoms with Crippen LogP contribution in [0.25, 0.3) is 10.8 Å². The van der Waals surface area contributed by atoms with Gasteiger partial charge in [0.1, 0.15) is 0 Å². The Balaban J connectivity index is 1.43. The Morgan fingerprint density at radius 2 is 1.16 bits per heavy atom. The highest BCUT2D eigenvalue weighted by Crippen LogP contribution is 2.39. The zero-order valence-corrected chi connectivity index (χ0v) is 18.5. The van der Waals surface area contributed by atoms with Gasteiger partial charge >= 0.3 is 0 Å². The lowest BCUT2D eigenvalue weighted by molar-refractivity contribution is 0.922. The third-order valence-corrected chi connectivity index (χ3v) is 6.06. The number of aryl methyl sites for hydroxylation is 1. The second-order valence-corrected chi connectivity index (χ2v) is 8.55. The number of benzene rings is 4. The maximum Gasteiger partial charge on any atom is 0.0328 e. The first-order valence-corrected chi connectivity index (χ1v) is 11.5. The Bertz CT molecular complexity index is 1360. The van der Waals surface area contributed by atoms with Gasteiger partial charge in [-0.3, -0.25) is 0 Å². The summed E-state index contributed by atoms with van der Waals surface area (Å²) in [5.41, 5.74) is 7.01. The Kier molecular flexibility index (Phi) is 5.79. The molecule has 4 aromatic carbocycles. The maximum absolute atomic E-state index is 3.39. The highest BCUT2D eigenvalue weighted by molar-refractivity contribution is 5.93. The van der Waals surface area contributed by atoms with E-state index in [-0.39, 0.29) is 0 Å². The molecule has 0 radical (unpaired) electrons. The topological polar surface area (TPSA) is 0 Å². The van der Waals surface area contributed by atoms with Crippen molar-refractivity contribution in [3.05, 3.63) is 118 Å². The number of rotatable bonds is 3. The fraction of sp³-hybridized carbons (Fsp3) is 0.188. The van der Waals surface area contributed by atoms with E-state index in [0.717, 1.165) is 51.8 Å². The maximum atomic E-state index is 3.39. The summed E-state index contributed by atoms with van der Waals surface area (Å²) in [6, 6.07) is 30.0. The minimum absolute atomic E-state index is 0.781. The predicted octanol–water partition coefficient (Wildman–Crippen LogP) is 7.47. The second-order valence-electron chi connectivity index (χ2n) is 8.55. The van der Waals surface area contributed by atoms with Gasteiger partial charge in [-0.05, 0) is 83.5 Å². The van der Waals surface area contributed by atoms with Gasteiger partial charge in [-0.25, -0.2) is 0 Å². The molecule has 0 bridgehead atoms. The van der Waals surface area contributed by atoms with Crippen LogP contribution in [0.15, 0.2) is 84.9 Å². The molecular formula is C32H26. The van der Waals surface area contributed by atoms with Crippen LogP contribution in [0.2, 0.25) is 0 Å². The van der Waals surface area contributed by atoms with Crippen LogP contribution < -0.4 is 0 Å². The van der Waals surface area contributed by atoms with E-state index in [4.69, 9.17) is 0 Å². The fourth-order valence-corrected chi connectivity index (χ4v) is 4.09. The minimum Gasteiger partial charge on any atom is -0.0651 e. The molecule has 0 aromatic heterocycles. The molecule has 0 unspecified atom stereocenters. The van der Waals surface area contributed by atoms with E-state index in [0.29, 0.717) is 0 Å². The lowest BCUT2D eigenvalue weighted by Gasteiger charge is -2.04. The Hall–Kier alpha value is -3.74. The third-order valence-electron chi connectivity index (χ3n) is 6.06. The van der Waals surface area contributed by atoms with Crippen LogP contribution in [-0.2, 0) is 6.42 Å². The van der Waals surface area contributed by atoms with Crippen molar-refractivity contribution in [2.75, 3.05) is 0 Å². The Labute approximate surface area is 191 Å². The van der Waals surface area contributed by atoms with Crippen LogP contribution in [-0.4, -0.2) is 0 Å². The molecule has 154 valence electrons. The van der Waals surface area contributed by atoms with Crippen molar-refractivity contribution >= 4 is 10.8 Å². The number of fused-ring (bicyclic) bond motifs is 1. The van der Waals surface area contributed by atoms with Gasteiger partial charge in [0, 0.05) is 22.3 Å². The zero-order valence-electron chi connectivity index (χ0n) is 18.5. The highest BCUT2D eigenvalue weighted by atomic mass is 14.3. The van der Waals surface area contributed by atoms with Crippen LogP contribution in [0.5, 0.6) is 0 Å². The molecule has 0 heteroatoms. The van der Waals surface area contributed by atoms with Gasteiger partial charge in [0.25, 0.3) is 0 Å². The summed E-state index contributed by atoms with van der Waals surface area (Å²) in [5, 5.41) is 2.30. The van der Waals surface area contributed by atoms with Gasteiger partial charge < -0.3 is 0 Å². The molecule has 0 nitrogen and oxygen atoms in total. The summed E-state index contributed by atoms with van der Waals surface area (Å²) in [6.07, 6.45) is 4.94. The van der Waals surface area contributed by atoms with Crippen LogP contribution >= 0.6 is 0 Å². The quantitative estimate of drug-likeness (QED) is 0.307. The monoisotopic (exact) mass is 410 g/mol. The zero-order chi connectivity index (χ0) is 21.8. The van der Waals surface area contributed by atoms with Crippen molar-refractivity contribution in [1.29, 1.82) is 0 Å². The summed E-state index contributed by atoms with van der Waals surface area (Å²) in [7, 11) is 0. The average molecular weight is 411 g/mol. The summed E-state index contributed by atoms with van der Waals surface area (Å²) in [6.45, 7) is 2.21. The number of hydrogen-bond acceptors (Lipinski definition) is 0. The molecule has 0 saturated heterocycles. The van der Waals surface area contributed by atoms with E-state index < -0.39 is 0 Å². The Morgan fingerprint density at radius 3 is 1.66 bits per heavy atom. The van der Waals surface area contributed by atoms with Crippen molar-refractivity contribution in [3.8, 4) is 23.7 Å². The van der Waals surface area contributed by atoms with Gasteiger partial charge in [-0.2, -0.15) is 0 Å². The average Bonchev–Trinajstić information content (AvgIpc) is 3.69. The molecule has 0 N–H and O–H groups in total. The van der Waals surface area contributed by atoms with Gasteiger partial charge in [0.2, 0.25) is 0 Å². The summed E-state index contributed by atoms with van der Waals surface area (Å²) < 4.78 is 0. The fourth-order valence-electron chi connectivity index (χ4n) is 4.09. The van der Waals surface area contributed by atoms with E-state index in [2.05, 4.69) is 116 Å². The molecule has 5 rings (SSSR count). The molecule has 1 aliphatic carbocycles. The normalized spacial score (nSPS) is 12.5. The molecule has 4 aromatic rings. The van der Waals surface area contributed by atoms with E-state index in [1.165, 1.54) is 24.0 Å². The van der Waals surface area contributed by atoms with Crippen molar-refractivity contribution in [3.63, 3.8) is 0 Å². The smallest absolute Gasteiger partial charge is 0.0328 e. The SMILES string of the molecule is CCCc1ccc(C#Cc2ccc(C#Cc3ccc(C4CC4)cc3)c3ccccc23)cc1. The van der Waals surface area contributed by atoms with Crippen molar-refractivity contribution in [2.45, 2.75) is 38.5 Å². The van der Waals surface area contributed by atoms with Crippen LogP contribution in [0.1, 0.15) is 65.5 Å². The third kappa shape index (κ3) is 4.61. The van der Waals surface area contributed by atoms with Crippen molar-refractivity contribution in [1.82, 2.24) is 0 Å². The van der Waals surface area contributed by atoms with Crippen LogP contribution in [0.4, 0.5) is 0 Å². The van der Waals surface area contributed by atoms with Crippen molar-refractivity contribution in [2.24, 2.45) is 0 Å².